The number of carbonyl (C=O) groups excluding carboxylic acids is 1. The number of amides is 1. The molecule has 214 valence electrons. The first kappa shape index (κ1) is 29.6. The molecular weight excluding hydrogens is 500 g/mol. The van der Waals surface area contributed by atoms with Crippen LogP contribution in [0.1, 0.15) is 50.5 Å². The highest BCUT2D eigenvalue weighted by atomic mass is 16.5. The fourth-order valence-corrected chi connectivity index (χ4v) is 5.30. The summed E-state index contributed by atoms with van der Waals surface area (Å²) in [4.78, 5) is 16.9. The van der Waals surface area contributed by atoms with Gasteiger partial charge in [0.05, 0.1) is 13.2 Å². The normalized spacial score (nSPS) is 13.8. The summed E-state index contributed by atoms with van der Waals surface area (Å²) in [5.74, 6) is 3.09. The molecular formula is C34H44N2O4. The van der Waals surface area contributed by atoms with E-state index in [1.54, 1.807) is 4.90 Å². The third kappa shape index (κ3) is 9.68. The summed E-state index contributed by atoms with van der Waals surface area (Å²) >= 11 is 0. The molecule has 1 fully saturated rings. The minimum absolute atomic E-state index is 0.0248. The van der Waals surface area contributed by atoms with E-state index < -0.39 is 0 Å². The Morgan fingerprint density at radius 1 is 0.825 bits per heavy atom. The Hall–Kier alpha value is -3.35. The number of methoxy groups -OCH3 is 1. The Labute approximate surface area is 239 Å². The molecule has 6 nitrogen and oxygen atoms in total. The molecule has 0 atom stereocenters. The van der Waals surface area contributed by atoms with Crippen LogP contribution in [0, 0.1) is 5.92 Å². The second kappa shape index (κ2) is 16.0. The third-order valence-electron chi connectivity index (χ3n) is 7.46. The Morgan fingerprint density at radius 2 is 1.48 bits per heavy atom. The van der Waals surface area contributed by atoms with E-state index in [-0.39, 0.29) is 12.5 Å². The highest BCUT2D eigenvalue weighted by Crippen LogP contribution is 2.27. The summed E-state index contributed by atoms with van der Waals surface area (Å²) in [7, 11) is 3.79. The third-order valence-corrected chi connectivity index (χ3v) is 7.46. The van der Waals surface area contributed by atoms with Crippen molar-refractivity contribution in [3.63, 3.8) is 0 Å². The molecule has 3 aromatic rings. The first-order chi connectivity index (χ1) is 19.6. The molecule has 0 N–H and O–H groups in total. The molecule has 0 radical (unpaired) electrons. The summed E-state index contributed by atoms with van der Waals surface area (Å²) in [6.07, 6.45) is 9.25. The van der Waals surface area contributed by atoms with Crippen molar-refractivity contribution < 1.29 is 19.0 Å². The molecule has 0 aromatic heterocycles. The van der Waals surface area contributed by atoms with E-state index in [0.717, 1.165) is 54.7 Å². The van der Waals surface area contributed by atoms with Crippen LogP contribution in [0.5, 0.6) is 17.2 Å². The zero-order valence-corrected chi connectivity index (χ0v) is 24.1. The zero-order chi connectivity index (χ0) is 28.0. The number of hydrogen-bond acceptors (Lipinski definition) is 5. The fourth-order valence-electron chi connectivity index (χ4n) is 5.30. The Kier molecular flexibility index (Phi) is 11.9. The van der Waals surface area contributed by atoms with Crippen LogP contribution in [-0.2, 0) is 16.1 Å². The van der Waals surface area contributed by atoms with Crippen LogP contribution in [0.25, 0.3) is 0 Å². The molecule has 0 saturated heterocycles. The maximum atomic E-state index is 12.7. The van der Waals surface area contributed by atoms with Gasteiger partial charge in [-0.2, -0.15) is 0 Å². The molecule has 1 aliphatic carbocycles. The van der Waals surface area contributed by atoms with Crippen LogP contribution >= 0.6 is 0 Å². The minimum Gasteiger partial charge on any atom is -0.494 e. The Balaban J connectivity index is 1.21. The van der Waals surface area contributed by atoms with Crippen molar-refractivity contribution in [2.45, 2.75) is 51.5 Å². The molecule has 0 heterocycles. The maximum absolute atomic E-state index is 12.7. The molecule has 6 heteroatoms. The molecule has 0 spiro atoms. The second-order valence-electron chi connectivity index (χ2n) is 10.8. The van der Waals surface area contributed by atoms with Gasteiger partial charge in [0, 0.05) is 19.3 Å². The summed E-state index contributed by atoms with van der Waals surface area (Å²) in [5, 5.41) is 0. The van der Waals surface area contributed by atoms with Crippen molar-refractivity contribution in [3.8, 4) is 17.2 Å². The van der Waals surface area contributed by atoms with Crippen molar-refractivity contribution in [2.24, 2.45) is 5.92 Å². The van der Waals surface area contributed by atoms with Gasteiger partial charge in [0.15, 0.2) is 0 Å². The Bertz CT molecular complexity index is 1130. The van der Waals surface area contributed by atoms with E-state index in [2.05, 4.69) is 11.9 Å². The van der Waals surface area contributed by atoms with E-state index in [1.165, 1.54) is 45.8 Å². The molecule has 1 aliphatic rings. The first-order valence-corrected chi connectivity index (χ1v) is 14.6. The molecule has 0 bridgehead atoms. The number of ether oxygens (including phenoxy) is 3. The number of hydrogen-bond donors (Lipinski definition) is 0. The number of rotatable bonds is 15. The lowest BCUT2D eigenvalue weighted by Gasteiger charge is -2.26. The predicted molar refractivity (Wildman–Crippen MR) is 161 cm³/mol. The molecule has 1 saturated carbocycles. The minimum atomic E-state index is -0.0953. The van der Waals surface area contributed by atoms with Gasteiger partial charge >= 0.3 is 0 Å². The zero-order valence-electron chi connectivity index (χ0n) is 24.1. The van der Waals surface area contributed by atoms with Gasteiger partial charge in [-0.3, -0.25) is 4.79 Å². The van der Waals surface area contributed by atoms with Crippen LogP contribution in [0.3, 0.4) is 0 Å². The average molecular weight is 545 g/mol. The number of nitrogens with zero attached hydrogens (tertiary/aromatic N) is 2. The van der Waals surface area contributed by atoms with Crippen LogP contribution in [0.15, 0.2) is 78.9 Å². The predicted octanol–water partition coefficient (Wildman–Crippen LogP) is 7.33. The van der Waals surface area contributed by atoms with Crippen LogP contribution in [-0.4, -0.2) is 51.3 Å². The Morgan fingerprint density at radius 3 is 2.15 bits per heavy atom. The molecule has 40 heavy (non-hydrogen) atoms. The van der Waals surface area contributed by atoms with Crippen LogP contribution in [0.4, 0.5) is 5.69 Å². The smallest absolute Gasteiger partial charge is 0.253 e. The van der Waals surface area contributed by atoms with E-state index >= 15 is 0 Å². The number of unbranched alkanes of at least 4 members (excludes halogenated alkanes) is 1. The highest BCUT2D eigenvalue weighted by molar-refractivity contribution is 5.94. The SMILES string of the molecule is COCC(=O)N(Cc1ccccc1)c1ccc(Oc2ccc(OCCCCN(C)CC3CCCCC3)cc2)cc1. The van der Waals surface area contributed by atoms with E-state index in [0.29, 0.717) is 12.3 Å². The van der Waals surface area contributed by atoms with Gasteiger partial charge in [0.2, 0.25) is 0 Å². The van der Waals surface area contributed by atoms with Crippen molar-refractivity contribution in [1.29, 1.82) is 0 Å². The summed E-state index contributed by atoms with van der Waals surface area (Å²) in [5.41, 5.74) is 1.85. The lowest BCUT2D eigenvalue weighted by molar-refractivity contribution is -0.122. The lowest BCUT2D eigenvalue weighted by Crippen LogP contribution is -2.33. The van der Waals surface area contributed by atoms with E-state index in [9.17, 15) is 4.79 Å². The maximum Gasteiger partial charge on any atom is 0.253 e. The quantitative estimate of drug-likeness (QED) is 0.188. The lowest BCUT2D eigenvalue weighted by atomic mass is 9.89. The second-order valence-corrected chi connectivity index (χ2v) is 10.8. The van der Waals surface area contributed by atoms with Crippen molar-refractivity contribution in [3.05, 3.63) is 84.4 Å². The van der Waals surface area contributed by atoms with Crippen molar-refractivity contribution in [2.75, 3.05) is 45.4 Å². The molecule has 0 aliphatic heterocycles. The van der Waals surface area contributed by atoms with Crippen molar-refractivity contribution >= 4 is 11.6 Å². The standard InChI is InChI=1S/C34H44N2O4/c1-35(25-28-11-5-3-6-12-28)23-9-10-24-39-31-19-21-33(22-20-31)40-32-17-15-30(16-18-32)36(34(37)27-38-2)26-29-13-7-4-8-14-29/h4,7-8,13-22,28H,3,5-6,9-12,23-27H2,1-2H3. The average Bonchev–Trinajstić information content (AvgIpc) is 2.98. The monoisotopic (exact) mass is 544 g/mol. The first-order valence-electron chi connectivity index (χ1n) is 14.6. The molecule has 3 aromatic carbocycles. The van der Waals surface area contributed by atoms with E-state index in [4.69, 9.17) is 14.2 Å². The summed E-state index contributed by atoms with van der Waals surface area (Å²) in [6.45, 7) is 3.60. The van der Waals surface area contributed by atoms with Crippen LogP contribution in [0.2, 0.25) is 0 Å². The van der Waals surface area contributed by atoms with Gasteiger partial charge in [-0.05, 0) is 99.3 Å². The van der Waals surface area contributed by atoms with Crippen molar-refractivity contribution in [1.82, 2.24) is 4.90 Å². The molecule has 1 amide bonds. The number of anilines is 1. The number of carbonyl (C=O) groups is 1. The topological polar surface area (TPSA) is 51.2 Å². The number of benzene rings is 3. The van der Waals surface area contributed by atoms with Crippen LogP contribution < -0.4 is 14.4 Å². The van der Waals surface area contributed by atoms with Gasteiger partial charge in [0.25, 0.3) is 5.91 Å². The van der Waals surface area contributed by atoms with Gasteiger partial charge < -0.3 is 24.0 Å². The van der Waals surface area contributed by atoms with Gasteiger partial charge in [0.1, 0.15) is 23.9 Å². The van der Waals surface area contributed by atoms with Gasteiger partial charge in [-0.15, -0.1) is 0 Å². The molecule has 0 unspecified atom stereocenters. The largest absolute Gasteiger partial charge is 0.494 e. The summed E-state index contributed by atoms with van der Waals surface area (Å²) in [6, 6.07) is 25.2. The summed E-state index contributed by atoms with van der Waals surface area (Å²) < 4.78 is 17.1. The van der Waals surface area contributed by atoms with E-state index in [1.807, 2.05) is 78.9 Å². The molecule has 4 rings (SSSR count). The van der Waals surface area contributed by atoms with Gasteiger partial charge in [-0.25, -0.2) is 0 Å². The highest BCUT2D eigenvalue weighted by Gasteiger charge is 2.17. The van der Waals surface area contributed by atoms with Gasteiger partial charge in [-0.1, -0.05) is 49.6 Å². The fraction of sp³-hybridized carbons (Fsp3) is 0.441.